The van der Waals surface area contributed by atoms with Gasteiger partial charge in [-0.25, -0.2) is 4.79 Å². The quantitative estimate of drug-likeness (QED) is 0.713. The summed E-state index contributed by atoms with van der Waals surface area (Å²) in [6.45, 7) is 9.22. The third kappa shape index (κ3) is 4.62. The number of nitrogens with one attached hydrogen (secondary N) is 1. The van der Waals surface area contributed by atoms with Crippen LogP contribution in [0.3, 0.4) is 0 Å². The number of benzene rings is 1. The standard InChI is InChI=1S/C23H30N4O5/c1-23(2,3)32-22(31)26-11-9-25(10-12-26)13-15-5-4-6-16-17(15)14-27(21(16)30)18-7-8-19(28)24-20(18)29/h4-6,18H,7-14H2,1-3H3,(H,24,28,29). The Hall–Kier alpha value is -2.94. The van der Waals surface area contributed by atoms with Crippen LogP contribution in [0, 0.1) is 0 Å². The summed E-state index contributed by atoms with van der Waals surface area (Å²) in [7, 11) is 0. The molecule has 4 amide bonds. The van der Waals surface area contributed by atoms with Gasteiger partial charge < -0.3 is 14.5 Å². The zero-order valence-corrected chi connectivity index (χ0v) is 18.8. The van der Waals surface area contributed by atoms with Crippen LogP contribution in [-0.4, -0.2) is 76.3 Å². The summed E-state index contributed by atoms with van der Waals surface area (Å²) in [6, 6.07) is 5.07. The summed E-state index contributed by atoms with van der Waals surface area (Å²) in [5.41, 5.74) is 2.10. The topological polar surface area (TPSA) is 99.3 Å². The number of carbonyl (C=O) groups is 4. The van der Waals surface area contributed by atoms with Gasteiger partial charge in [0.05, 0.1) is 0 Å². The van der Waals surface area contributed by atoms with Crippen LogP contribution in [0.5, 0.6) is 0 Å². The molecule has 2 fully saturated rings. The van der Waals surface area contributed by atoms with Crippen LogP contribution in [0.1, 0.15) is 55.1 Å². The molecule has 1 aromatic carbocycles. The van der Waals surface area contributed by atoms with E-state index in [1.165, 1.54) is 0 Å². The molecule has 32 heavy (non-hydrogen) atoms. The minimum atomic E-state index is -0.613. The lowest BCUT2D eigenvalue weighted by atomic mass is 10.0. The zero-order chi connectivity index (χ0) is 23.0. The van der Waals surface area contributed by atoms with E-state index in [0.717, 1.165) is 11.1 Å². The number of piperazine rings is 1. The number of rotatable bonds is 3. The first-order chi connectivity index (χ1) is 15.1. The molecule has 0 aromatic heterocycles. The number of piperidine rings is 1. The van der Waals surface area contributed by atoms with Gasteiger partial charge in [-0.15, -0.1) is 0 Å². The SMILES string of the molecule is CC(C)(C)OC(=O)N1CCN(Cc2cccc3c2CN(C2CCC(=O)NC2=O)C3=O)CC1. The molecule has 0 radical (unpaired) electrons. The molecule has 1 unspecified atom stereocenters. The van der Waals surface area contributed by atoms with Gasteiger partial charge in [0.15, 0.2) is 0 Å². The molecule has 1 atom stereocenters. The second kappa shape index (κ2) is 8.54. The Labute approximate surface area is 187 Å². The van der Waals surface area contributed by atoms with E-state index < -0.39 is 17.6 Å². The number of ether oxygens (including phenoxy) is 1. The number of hydrogen-bond donors (Lipinski definition) is 1. The highest BCUT2D eigenvalue weighted by atomic mass is 16.6. The van der Waals surface area contributed by atoms with Gasteiger partial charge in [0.25, 0.3) is 5.91 Å². The summed E-state index contributed by atoms with van der Waals surface area (Å²) in [5, 5.41) is 2.34. The largest absolute Gasteiger partial charge is 0.444 e. The highest BCUT2D eigenvalue weighted by molar-refractivity contribution is 6.05. The van der Waals surface area contributed by atoms with Crippen LogP contribution in [0.15, 0.2) is 18.2 Å². The number of carbonyl (C=O) groups excluding carboxylic acids is 4. The normalized spacial score (nSPS) is 22.1. The molecule has 0 aliphatic carbocycles. The summed E-state index contributed by atoms with van der Waals surface area (Å²) in [6.07, 6.45) is 0.306. The second-order valence-electron chi connectivity index (χ2n) is 9.59. The van der Waals surface area contributed by atoms with Crippen molar-refractivity contribution in [3.63, 3.8) is 0 Å². The molecular formula is C23H30N4O5. The van der Waals surface area contributed by atoms with Gasteiger partial charge >= 0.3 is 6.09 Å². The average Bonchev–Trinajstić information content (AvgIpc) is 3.05. The van der Waals surface area contributed by atoms with Crippen molar-refractivity contribution in [3.8, 4) is 0 Å². The Morgan fingerprint density at radius 1 is 1.12 bits per heavy atom. The molecule has 0 bridgehead atoms. The summed E-state index contributed by atoms with van der Waals surface area (Å²) in [4.78, 5) is 54.6. The maximum absolute atomic E-state index is 13.0. The average molecular weight is 443 g/mol. The van der Waals surface area contributed by atoms with Crippen LogP contribution >= 0.6 is 0 Å². The summed E-state index contributed by atoms with van der Waals surface area (Å²) in [5.74, 6) is -0.852. The molecule has 3 aliphatic rings. The Morgan fingerprint density at radius 3 is 2.50 bits per heavy atom. The molecule has 3 aliphatic heterocycles. The van der Waals surface area contributed by atoms with Crippen LogP contribution in [0.2, 0.25) is 0 Å². The van der Waals surface area contributed by atoms with Gasteiger partial charge in [-0.2, -0.15) is 0 Å². The van der Waals surface area contributed by atoms with Gasteiger partial charge in [0.2, 0.25) is 11.8 Å². The molecule has 1 N–H and O–H groups in total. The van der Waals surface area contributed by atoms with Crippen molar-refractivity contribution in [2.45, 2.75) is 58.3 Å². The fraction of sp³-hybridized carbons (Fsp3) is 0.565. The zero-order valence-electron chi connectivity index (χ0n) is 18.8. The lowest BCUT2D eigenvalue weighted by Crippen LogP contribution is -2.52. The van der Waals surface area contributed by atoms with E-state index in [2.05, 4.69) is 10.2 Å². The van der Waals surface area contributed by atoms with Crippen LogP contribution in [0.4, 0.5) is 4.79 Å². The fourth-order valence-corrected chi connectivity index (χ4v) is 4.45. The predicted molar refractivity (Wildman–Crippen MR) is 116 cm³/mol. The summed E-state index contributed by atoms with van der Waals surface area (Å²) >= 11 is 0. The lowest BCUT2D eigenvalue weighted by molar-refractivity contribution is -0.136. The smallest absolute Gasteiger partial charge is 0.410 e. The monoisotopic (exact) mass is 442 g/mol. The molecule has 0 spiro atoms. The number of amides is 4. The second-order valence-corrected chi connectivity index (χ2v) is 9.59. The number of nitrogens with zero attached hydrogens (tertiary/aromatic N) is 3. The van der Waals surface area contributed by atoms with Crippen molar-refractivity contribution in [2.75, 3.05) is 26.2 Å². The number of hydrogen-bond acceptors (Lipinski definition) is 6. The highest BCUT2D eigenvalue weighted by Gasteiger charge is 2.40. The molecule has 0 saturated carbocycles. The number of imide groups is 1. The molecular weight excluding hydrogens is 412 g/mol. The van der Waals surface area contributed by atoms with E-state index in [1.54, 1.807) is 15.9 Å². The highest BCUT2D eigenvalue weighted by Crippen LogP contribution is 2.30. The van der Waals surface area contributed by atoms with Gasteiger partial charge in [-0.3, -0.25) is 24.6 Å². The molecule has 2 saturated heterocycles. The van der Waals surface area contributed by atoms with E-state index >= 15 is 0 Å². The van der Waals surface area contributed by atoms with E-state index in [0.29, 0.717) is 51.3 Å². The van der Waals surface area contributed by atoms with Crippen LogP contribution < -0.4 is 5.32 Å². The minimum Gasteiger partial charge on any atom is -0.444 e. The Balaban J connectivity index is 1.40. The Morgan fingerprint density at radius 2 is 1.84 bits per heavy atom. The van der Waals surface area contributed by atoms with E-state index in [1.807, 2.05) is 32.9 Å². The first-order valence-corrected chi connectivity index (χ1v) is 11.1. The van der Waals surface area contributed by atoms with Crippen molar-refractivity contribution in [1.29, 1.82) is 0 Å². The summed E-state index contributed by atoms with van der Waals surface area (Å²) < 4.78 is 5.46. The lowest BCUT2D eigenvalue weighted by Gasteiger charge is -2.35. The third-order valence-corrected chi connectivity index (χ3v) is 6.10. The molecule has 172 valence electrons. The van der Waals surface area contributed by atoms with E-state index in [9.17, 15) is 19.2 Å². The number of fused-ring (bicyclic) bond motifs is 1. The van der Waals surface area contributed by atoms with Crippen molar-refractivity contribution >= 4 is 23.8 Å². The van der Waals surface area contributed by atoms with Gasteiger partial charge in [0, 0.05) is 51.3 Å². The molecule has 9 nitrogen and oxygen atoms in total. The molecule has 1 aromatic rings. The fourth-order valence-electron chi connectivity index (χ4n) is 4.45. The van der Waals surface area contributed by atoms with E-state index in [-0.39, 0.29) is 24.3 Å². The minimum absolute atomic E-state index is 0.161. The van der Waals surface area contributed by atoms with Gasteiger partial charge in [0.1, 0.15) is 11.6 Å². The maximum atomic E-state index is 13.0. The van der Waals surface area contributed by atoms with Crippen molar-refractivity contribution < 1.29 is 23.9 Å². The molecule has 3 heterocycles. The molecule has 9 heteroatoms. The Kier molecular flexibility index (Phi) is 5.94. The third-order valence-electron chi connectivity index (χ3n) is 6.10. The van der Waals surface area contributed by atoms with Gasteiger partial charge in [-0.1, -0.05) is 12.1 Å². The van der Waals surface area contributed by atoms with Crippen LogP contribution in [-0.2, 0) is 27.4 Å². The first kappa shape index (κ1) is 22.3. The van der Waals surface area contributed by atoms with Crippen molar-refractivity contribution in [1.82, 2.24) is 20.0 Å². The predicted octanol–water partition coefficient (Wildman–Crippen LogP) is 1.50. The van der Waals surface area contributed by atoms with E-state index in [4.69, 9.17) is 4.74 Å². The van der Waals surface area contributed by atoms with Crippen molar-refractivity contribution in [2.24, 2.45) is 0 Å². The Bertz CT molecular complexity index is 946. The van der Waals surface area contributed by atoms with Crippen LogP contribution in [0.25, 0.3) is 0 Å². The maximum Gasteiger partial charge on any atom is 0.410 e. The van der Waals surface area contributed by atoms with Gasteiger partial charge in [-0.05, 0) is 44.4 Å². The first-order valence-electron chi connectivity index (χ1n) is 11.1. The van der Waals surface area contributed by atoms with Crippen molar-refractivity contribution in [3.05, 3.63) is 34.9 Å². The molecule has 4 rings (SSSR count).